The average Bonchev–Trinajstić information content (AvgIpc) is 3.19. The lowest BCUT2D eigenvalue weighted by Gasteiger charge is -2.32. The molecule has 27 heavy (non-hydrogen) atoms. The van der Waals surface area contributed by atoms with Gasteiger partial charge in [0.15, 0.2) is 0 Å². The molecule has 1 unspecified atom stereocenters. The third-order valence-electron chi connectivity index (χ3n) is 5.25. The number of ether oxygens (including phenoxy) is 1. The van der Waals surface area contributed by atoms with Crippen molar-refractivity contribution in [3.8, 4) is 11.5 Å². The summed E-state index contributed by atoms with van der Waals surface area (Å²) in [6, 6.07) is 15.1. The fourth-order valence-corrected chi connectivity index (χ4v) is 3.97. The Kier molecular flexibility index (Phi) is 5.62. The maximum Gasteiger partial charge on any atom is 0.253 e. The van der Waals surface area contributed by atoms with Crippen molar-refractivity contribution in [3.63, 3.8) is 0 Å². The summed E-state index contributed by atoms with van der Waals surface area (Å²) in [6.45, 7) is 5.87. The van der Waals surface area contributed by atoms with E-state index in [1.165, 1.54) is 0 Å². The van der Waals surface area contributed by atoms with Gasteiger partial charge in [-0.05, 0) is 48.9 Å². The van der Waals surface area contributed by atoms with Crippen molar-refractivity contribution in [2.24, 2.45) is 0 Å². The molecule has 1 N–H and O–H groups in total. The smallest absolute Gasteiger partial charge is 0.253 e. The highest BCUT2D eigenvalue weighted by molar-refractivity contribution is 6.30. The van der Waals surface area contributed by atoms with Crippen LogP contribution in [0.25, 0.3) is 0 Å². The molecule has 1 atom stereocenters. The first-order chi connectivity index (χ1) is 13.2. The van der Waals surface area contributed by atoms with E-state index in [0.29, 0.717) is 28.1 Å². The summed E-state index contributed by atoms with van der Waals surface area (Å²) in [6.07, 6.45) is 1.06. The van der Waals surface area contributed by atoms with Gasteiger partial charge in [-0.1, -0.05) is 17.7 Å². The summed E-state index contributed by atoms with van der Waals surface area (Å²) in [5, 5.41) is 4.01. The molecule has 2 fully saturated rings. The fraction of sp³-hybridized carbons (Fsp3) is 0.381. The van der Waals surface area contributed by atoms with Crippen molar-refractivity contribution in [1.29, 1.82) is 0 Å². The van der Waals surface area contributed by atoms with Gasteiger partial charge < -0.3 is 15.0 Å². The minimum absolute atomic E-state index is 0.0990. The highest BCUT2D eigenvalue weighted by Gasteiger charge is 2.31. The van der Waals surface area contributed by atoms with Crippen LogP contribution in [0.15, 0.2) is 48.5 Å². The molecule has 0 radical (unpaired) electrons. The zero-order valence-corrected chi connectivity index (χ0v) is 16.0. The van der Waals surface area contributed by atoms with Crippen LogP contribution in [0.2, 0.25) is 5.02 Å². The van der Waals surface area contributed by atoms with Gasteiger partial charge in [0.05, 0.1) is 0 Å². The van der Waals surface area contributed by atoms with E-state index >= 15 is 0 Å². The Labute approximate surface area is 164 Å². The van der Waals surface area contributed by atoms with Crippen molar-refractivity contribution >= 4 is 17.5 Å². The van der Waals surface area contributed by atoms with E-state index in [1.807, 2.05) is 41.3 Å². The number of carbonyl (C=O) groups is 1. The Bertz CT molecular complexity index is 790. The van der Waals surface area contributed by atoms with Crippen molar-refractivity contribution in [2.45, 2.75) is 12.5 Å². The first kappa shape index (κ1) is 18.3. The molecule has 0 spiro atoms. The number of likely N-dealkylation sites (tertiary alicyclic amines) is 1. The molecule has 0 saturated carbocycles. The number of hydrogen-bond acceptors (Lipinski definition) is 4. The van der Waals surface area contributed by atoms with Crippen LogP contribution in [0.4, 0.5) is 0 Å². The predicted molar refractivity (Wildman–Crippen MR) is 107 cm³/mol. The molecule has 6 heteroatoms. The number of nitrogens with zero attached hydrogens (tertiary/aromatic N) is 2. The third-order valence-corrected chi connectivity index (χ3v) is 5.49. The Balaban J connectivity index is 1.36. The normalized spacial score (nSPS) is 20.6. The first-order valence-electron chi connectivity index (χ1n) is 9.46. The van der Waals surface area contributed by atoms with Gasteiger partial charge in [0.25, 0.3) is 5.91 Å². The minimum atomic E-state index is 0.0990. The van der Waals surface area contributed by atoms with Crippen molar-refractivity contribution < 1.29 is 9.53 Å². The molecule has 0 bridgehead atoms. The molecular weight excluding hydrogens is 362 g/mol. The number of hydrogen-bond donors (Lipinski definition) is 1. The highest BCUT2D eigenvalue weighted by Crippen LogP contribution is 2.25. The lowest BCUT2D eigenvalue weighted by molar-refractivity contribution is 0.0773. The Morgan fingerprint density at radius 3 is 2.56 bits per heavy atom. The fourth-order valence-electron chi connectivity index (χ4n) is 3.79. The molecule has 0 aromatic heterocycles. The summed E-state index contributed by atoms with van der Waals surface area (Å²) >= 11 is 5.98. The van der Waals surface area contributed by atoms with Gasteiger partial charge in [-0.25, -0.2) is 0 Å². The van der Waals surface area contributed by atoms with Crippen LogP contribution in [0.3, 0.4) is 0 Å². The number of carbonyl (C=O) groups excluding carboxylic acids is 1. The molecular formula is C21H24ClN3O2. The standard InChI is InChI=1S/C21H24ClN3O2/c22-17-2-1-3-20(14-17)27-19-6-4-16(5-7-19)21(26)25-11-8-18(15-25)24-12-9-23-10-13-24/h1-7,14,18,23H,8-13,15H2. The van der Waals surface area contributed by atoms with Gasteiger partial charge in [-0.2, -0.15) is 0 Å². The van der Waals surface area contributed by atoms with E-state index in [4.69, 9.17) is 16.3 Å². The lowest BCUT2D eigenvalue weighted by Crippen LogP contribution is -2.49. The number of benzene rings is 2. The topological polar surface area (TPSA) is 44.8 Å². The first-order valence-corrected chi connectivity index (χ1v) is 9.84. The van der Waals surface area contributed by atoms with Crippen LogP contribution in [0, 0.1) is 0 Å². The van der Waals surface area contributed by atoms with Crippen molar-refractivity contribution in [2.75, 3.05) is 39.3 Å². The Morgan fingerprint density at radius 1 is 1.04 bits per heavy atom. The average molecular weight is 386 g/mol. The van der Waals surface area contributed by atoms with E-state index in [9.17, 15) is 4.79 Å². The van der Waals surface area contributed by atoms with Gasteiger partial charge in [-0.15, -0.1) is 0 Å². The molecule has 2 aliphatic heterocycles. The molecule has 4 rings (SSSR count). The number of halogens is 1. The van der Waals surface area contributed by atoms with Crippen molar-refractivity contribution in [3.05, 3.63) is 59.1 Å². The monoisotopic (exact) mass is 385 g/mol. The summed E-state index contributed by atoms with van der Waals surface area (Å²) in [5.41, 5.74) is 0.703. The molecule has 2 heterocycles. The Morgan fingerprint density at radius 2 is 1.81 bits per heavy atom. The number of amides is 1. The molecule has 1 amide bonds. The zero-order chi connectivity index (χ0) is 18.6. The maximum absolute atomic E-state index is 12.8. The molecule has 5 nitrogen and oxygen atoms in total. The van der Waals surface area contributed by atoms with Crippen LogP contribution < -0.4 is 10.1 Å². The van der Waals surface area contributed by atoms with E-state index in [-0.39, 0.29) is 5.91 Å². The van der Waals surface area contributed by atoms with Crippen LogP contribution in [0.5, 0.6) is 11.5 Å². The van der Waals surface area contributed by atoms with Crippen LogP contribution >= 0.6 is 11.6 Å². The minimum Gasteiger partial charge on any atom is -0.457 e. The maximum atomic E-state index is 12.8. The second-order valence-electron chi connectivity index (χ2n) is 7.06. The van der Waals surface area contributed by atoms with E-state index in [0.717, 1.165) is 45.7 Å². The summed E-state index contributed by atoms with van der Waals surface area (Å²) in [5.74, 6) is 1.47. The predicted octanol–water partition coefficient (Wildman–Crippen LogP) is 3.25. The summed E-state index contributed by atoms with van der Waals surface area (Å²) in [4.78, 5) is 17.3. The summed E-state index contributed by atoms with van der Waals surface area (Å²) < 4.78 is 5.79. The summed E-state index contributed by atoms with van der Waals surface area (Å²) in [7, 11) is 0. The molecule has 2 aromatic rings. The van der Waals surface area contributed by atoms with E-state index in [2.05, 4.69) is 10.2 Å². The molecule has 0 aliphatic carbocycles. The van der Waals surface area contributed by atoms with E-state index < -0.39 is 0 Å². The third kappa shape index (κ3) is 4.43. The van der Waals surface area contributed by atoms with Gasteiger partial charge >= 0.3 is 0 Å². The highest BCUT2D eigenvalue weighted by atomic mass is 35.5. The largest absolute Gasteiger partial charge is 0.457 e. The van der Waals surface area contributed by atoms with E-state index in [1.54, 1.807) is 12.1 Å². The molecule has 2 aliphatic rings. The Hall–Kier alpha value is -2.08. The van der Waals surface area contributed by atoms with Crippen LogP contribution in [-0.2, 0) is 0 Å². The van der Waals surface area contributed by atoms with Crippen molar-refractivity contribution in [1.82, 2.24) is 15.1 Å². The van der Waals surface area contributed by atoms with Gasteiger partial charge in [0, 0.05) is 55.9 Å². The lowest BCUT2D eigenvalue weighted by atomic mass is 10.2. The number of rotatable bonds is 4. The van der Waals surface area contributed by atoms with Gasteiger partial charge in [-0.3, -0.25) is 9.69 Å². The quantitative estimate of drug-likeness (QED) is 0.877. The molecule has 142 valence electrons. The molecule has 2 aromatic carbocycles. The molecule has 2 saturated heterocycles. The second-order valence-corrected chi connectivity index (χ2v) is 7.50. The van der Waals surface area contributed by atoms with Gasteiger partial charge in [0.2, 0.25) is 0 Å². The number of piperazine rings is 1. The second kappa shape index (κ2) is 8.30. The van der Waals surface area contributed by atoms with Crippen LogP contribution in [-0.4, -0.2) is 61.0 Å². The zero-order valence-electron chi connectivity index (χ0n) is 15.2. The van der Waals surface area contributed by atoms with Crippen LogP contribution in [0.1, 0.15) is 16.8 Å². The number of nitrogens with one attached hydrogen (secondary N) is 1. The van der Waals surface area contributed by atoms with Gasteiger partial charge in [0.1, 0.15) is 11.5 Å². The SMILES string of the molecule is O=C(c1ccc(Oc2cccc(Cl)c2)cc1)N1CCC(N2CCNCC2)C1.